The van der Waals surface area contributed by atoms with E-state index in [0.717, 1.165) is 23.3 Å². The maximum atomic E-state index is 5.45. The smallest absolute Gasteiger partial charge is 0.117 e. The van der Waals surface area contributed by atoms with Gasteiger partial charge in [-0.3, -0.25) is 4.90 Å². The van der Waals surface area contributed by atoms with Gasteiger partial charge >= 0.3 is 0 Å². The van der Waals surface area contributed by atoms with Crippen molar-refractivity contribution in [1.82, 2.24) is 4.90 Å². The van der Waals surface area contributed by atoms with Gasteiger partial charge in [-0.05, 0) is 49.2 Å². The molecule has 18 heavy (non-hydrogen) atoms. The summed E-state index contributed by atoms with van der Waals surface area (Å²) in [4.78, 5) is 2.50. The van der Waals surface area contributed by atoms with Crippen LogP contribution in [0.5, 0.6) is 0 Å². The first kappa shape index (κ1) is 12.0. The third-order valence-electron chi connectivity index (χ3n) is 3.56. The van der Waals surface area contributed by atoms with Crippen molar-refractivity contribution >= 4 is 15.9 Å². The highest BCUT2D eigenvalue weighted by molar-refractivity contribution is 9.10. The van der Waals surface area contributed by atoms with Crippen molar-refractivity contribution in [2.24, 2.45) is 0 Å². The fourth-order valence-electron chi connectivity index (χ4n) is 2.68. The zero-order valence-corrected chi connectivity index (χ0v) is 11.8. The summed E-state index contributed by atoms with van der Waals surface area (Å²) in [6.07, 6.45) is 4.25. The Labute approximate surface area is 116 Å². The third-order valence-corrected chi connectivity index (χ3v) is 4.09. The zero-order chi connectivity index (χ0) is 12.4. The molecule has 1 fully saturated rings. The van der Waals surface area contributed by atoms with Crippen LogP contribution in [-0.2, 0) is 6.54 Å². The van der Waals surface area contributed by atoms with E-state index in [1.165, 1.54) is 18.4 Å². The minimum Gasteiger partial charge on any atom is -0.468 e. The Morgan fingerprint density at radius 1 is 1.22 bits per heavy atom. The summed E-state index contributed by atoms with van der Waals surface area (Å²) in [5.41, 5.74) is 1.40. The number of furan rings is 1. The minimum absolute atomic E-state index is 0.531. The Bertz CT molecular complexity index is 492. The van der Waals surface area contributed by atoms with Gasteiger partial charge in [0.2, 0.25) is 0 Å². The largest absolute Gasteiger partial charge is 0.468 e. The molecular weight excluding hydrogens is 290 g/mol. The summed E-state index contributed by atoms with van der Waals surface area (Å²) >= 11 is 3.49. The van der Waals surface area contributed by atoms with E-state index in [1.807, 2.05) is 6.07 Å². The van der Waals surface area contributed by atoms with Gasteiger partial charge in [0.05, 0.1) is 12.8 Å². The molecule has 1 aromatic heterocycles. The van der Waals surface area contributed by atoms with Crippen LogP contribution in [0, 0.1) is 0 Å². The van der Waals surface area contributed by atoms with Gasteiger partial charge in [0.1, 0.15) is 5.76 Å². The second-order valence-electron chi connectivity index (χ2n) is 4.76. The normalized spacial score (nSPS) is 20.4. The topological polar surface area (TPSA) is 16.4 Å². The average Bonchev–Trinajstić information content (AvgIpc) is 3.02. The van der Waals surface area contributed by atoms with E-state index in [4.69, 9.17) is 4.42 Å². The molecule has 1 atom stereocenters. The maximum Gasteiger partial charge on any atom is 0.117 e. The number of hydrogen-bond donors (Lipinski definition) is 0. The van der Waals surface area contributed by atoms with Gasteiger partial charge in [-0.15, -0.1) is 0 Å². The summed E-state index contributed by atoms with van der Waals surface area (Å²) in [5.74, 6) is 1.05. The monoisotopic (exact) mass is 305 g/mol. The number of benzene rings is 1. The van der Waals surface area contributed by atoms with Crippen LogP contribution in [0.15, 0.2) is 51.6 Å². The summed E-state index contributed by atoms with van der Waals surface area (Å²) in [6, 6.07) is 13.2. The highest BCUT2D eigenvalue weighted by Crippen LogP contribution is 2.33. The number of nitrogens with zero attached hydrogens (tertiary/aromatic N) is 1. The average molecular weight is 306 g/mol. The Hall–Kier alpha value is -1.06. The summed E-state index contributed by atoms with van der Waals surface area (Å²) in [7, 11) is 0. The predicted molar refractivity (Wildman–Crippen MR) is 75.2 cm³/mol. The van der Waals surface area contributed by atoms with Crippen molar-refractivity contribution in [1.29, 1.82) is 0 Å². The van der Waals surface area contributed by atoms with Crippen LogP contribution in [0.3, 0.4) is 0 Å². The number of likely N-dealkylation sites (tertiary alicyclic amines) is 1. The highest BCUT2D eigenvalue weighted by Gasteiger charge is 2.26. The predicted octanol–water partition coefficient (Wildman–Crippen LogP) is 4.38. The van der Waals surface area contributed by atoms with Crippen LogP contribution in [0.1, 0.15) is 30.2 Å². The number of rotatable bonds is 3. The lowest BCUT2D eigenvalue weighted by atomic mass is 10.0. The van der Waals surface area contributed by atoms with Crippen LogP contribution in [0.2, 0.25) is 0 Å². The molecule has 1 aromatic carbocycles. The SMILES string of the molecule is Brc1ccc(C2CCCN2Cc2ccco2)cc1. The van der Waals surface area contributed by atoms with E-state index in [0.29, 0.717) is 6.04 Å². The third kappa shape index (κ3) is 2.52. The Kier molecular flexibility index (Phi) is 3.52. The molecule has 0 N–H and O–H groups in total. The number of hydrogen-bond acceptors (Lipinski definition) is 2. The van der Waals surface area contributed by atoms with Crippen molar-refractivity contribution in [2.45, 2.75) is 25.4 Å². The lowest BCUT2D eigenvalue weighted by Crippen LogP contribution is -2.22. The van der Waals surface area contributed by atoms with Gasteiger partial charge in [-0.1, -0.05) is 28.1 Å². The molecule has 2 heterocycles. The molecule has 94 valence electrons. The molecule has 0 amide bonds. The van der Waals surface area contributed by atoms with Crippen molar-refractivity contribution in [2.75, 3.05) is 6.54 Å². The fraction of sp³-hybridized carbons (Fsp3) is 0.333. The lowest BCUT2D eigenvalue weighted by molar-refractivity contribution is 0.228. The van der Waals surface area contributed by atoms with Crippen molar-refractivity contribution < 1.29 is 4.42 Å². The molecule has 0 bridgehead atoms. The molecule has 2 aromatic rings. The summed E-state index contributed by atoms with van der Waals surface area (Å²) < 4.78 is 6.59. The van der Waals surface area contributed by atoms with E-state index in [9.17, 15) is 0 Å². The highest BCUT2D eigenvalue weighted by atomic mass is 79.9. The van der Waals surface area contributed by atoms with E-state index in [1.54, 1.807) is 6.26 Å². The van der Waals surface area contributed by atoms with Gasteiger partial charge in [0.15, 0.2) is 0 Å². The molecule has 3 heteroatoms. The first-order chi connectivity index (χ1) is 8.83. The Balaban J connectivity index is 1.76. The quantitative estimate of drug-likeness (QED) is 0.837. The molecule has 0 radical (unpaired) electrons. The molecule has 1 aliphatic rings. The van der Waals surface area contributed by atoms with E-state index < -0.39 is 0 Å². The van der Waals surface area contributed by atoms with E-state index in [2.05, 4.69) is 51.2 Å². The van der Waals surface area contributed by atoms with E-state index >= 15 is 0 Å². The van der Waals surface area contributed by atoms with Gasteiger partial charge in [0, 0.05) is 10.5 Å². The Morgan fingerprint density at radius 2 is 2.06 bits per heavy atom. The molecule has 3 rings (SSSR count). The van der Waals surface area contributed by atoms with Gasteiger partial charge < -0.3 is 4.42 Å². The molecule has 0 aliphatic carbocycles. The second-order valence-corrected chi connectivity index (χ2v) is 5.68. The van der Waals surface area contributed by atoms with Crippen LogP contribution < -0.4 is 0 Å². The molecule has 1 unspecified atom stereocenters. The summed E-state index contributed by atoms with van der Waals surface area (Å²) in [5, 5.41) is 0. The zero-order valence-electron chi connectivity index (χ0n) is 10.2. The molecule has 1 aliphatic heterocycles. The second kappa shape index (κ2) is 5.29. The number of halogens is 1. The van der Waals surface area contributed by atoms with Crippen molar-refractivity contribution in [3.05, 3.63) is 58.5 Å². The minimum atomic E-state index is 0.531. The van der Waals surface area contributed by atoms with Gasteiger partial charge in [0.25, 0.3) is 0 Å². The van der Waals surface area contributed by atoms with Gasteiger partial charge in [-0.2, -0.15) is 0 Å². The summed E-state index contributed by atoms with van der Waals surface area (Å²) in [6.45, 7) is 2.06. The first-order valence-electron chi connectivity index (χ1n) is 6.35. The van der Waals surface area contributed by atoms with Crippen LogP contribution in [0.4, 0.5) is 0 Å². The van der Waals surface area contributed by atoms with Crippen LogP contribution >= 0.6 is 15.9 Å². The van der Waals surface area contributed by atoms with E-state index in [-0.39, 0.29) is 0 Å². The molecule has 2 nitrogen and oxygen atoms in total. The molecule has 0 spiro atoms. The molecule has 0 saturated carbocycles. The Morgan fingerprint density at radius 3 is 2.78 bits per heavy atom. The van der Waals surface area contributed by atoms with Crippen LogP contribution in [0.25, 0.3) is 0 Å². The standard InChI is InChI=1S/C15H16BrNO/c16-13-7-5-12(6-8-13)15-4-1-9-17(15)11-14-3-2-10-18-14/h2-3,5-8,10,15H,1,4,9,11H2. The lowest BCUT2D eigenvalue weighted by Gasteiger charge is -2.23. The molecule has 1 saturated heterocycles. The van der Waals surface area contributed by atoms with Gasteiger partial charge in [-0.25, -0.2) is 0 Å². The van der Waals surface area contributed by atoms with Crippen molar-refractivity contribution in [3.8, 4) is 0 Å². The van der Waals surface area contributed by atoms with Crippen LogP contribution in [-0.4, -0.2) is 11.4 Å². The molecular formula is C15H16BrNO. The maximum absolute atomic E-state index is 5.45. The fourth-order valence-corrected chi connectivity index (χ4v) is 2.94. The first-order valence-corrected chi connectivity index (χ1v) is 7.14. The van der Waals surface area contributed by atoms with Crippen molar-refractivity contribution in [3.63, 3.8) is 0 Å².